The highest BCUT2D eigenvalue weighted by Gasteiger charge is 2.41. The molecule has 0 bridgehead atoms. The second-order valence-corrected chi connectivity index (χ2v) is 9.67. The topological polar surface area (TPSA) is 44.8 Å². The van der Waals surface area contributed by atoms with Crippen LogP contribution in [-0.4, -0.2) is 32.6 Å². The van der Waals surface area contributed by atoms with Crippen molar-refractivity contribution in [1.29, 1.82) is 0 Å². The molecule has 0 saturated carbocycles. The van der Waals surface area contributed by atoms with E-state index in [0.29, 0.717) is 19.6 Å². The summed E-state index contributed by atoms with van der Waals surface area (Å²) in [6.07, 6.45) is 7.42. The summed E-state index contributed by atoms with van der Waals surface area (Å²) in [5.41, 5.74) is -0.213. The van der Waals surface area contributed by atoms with E-state index < -0.39 is 8.80 Å². The molecule has 0 aromatic heterocycles. The zero-order chi connectivity index (χ0) is 17.6. The maximum Gasteiger partial charge on any atom is 0.501 e. The van der Waals surface area contributed by atoms with Crippen molar-refractivity contribution in [3.63, 3.8) is 0 Å². The lowest BCUT2D eigenvalue weighted by molar-refractivity contribution is -0.111. The minimum atomic E-state index is -2.65. The number of carbonyl (C=O) groups excluding carboxylic acids is 1. The number of hydrogen-bond acceptors (Lipinski definition) is 5. The Morgan fingerprint density at radius 3 is 2.09 bits per heavy atom. The summed E-state index contributed by atoms with van der Waals surface area (Å²) in [6.45, 7) is 11.3. The van der Waals surface area contributed by atoms with Crippen LogP contribution in [0.3, 0.4) is 0 Å². The number of hydrogen-bond donors (Lipinski definition) is 0. The van der Waals surface area contributed by atoms with Gasteiger partial charge in [0.05, 0.1) is 0 Å². The molecule has 0 amide bonds. The third-order valence-corrected chi connectivity index (χ3v) is 7.76. The SMILES string of the molecule is CCCCCCCC(=O)SC(C)O[Si](CCC)(OCC)OCC. The molecule has 23 heavy (non-hydrogen) atoms. The van der Waals surface area contributed by atoms with Crippen molar-refractivity contribution in [3.05, 3.63) is 0 Å². The Kier molecular flexibility index (Phi) is 14.5. The van der Waals surface area contributed by atoms with Gasteiger partial charge in [-0.25, -0.2) is 0 Å². The fourth-order valence-corrected chi connectivity index (χ4v) is 6.34. The van der Waals surface area contributed by atoms with E-state index >= 15 is 0 Å². The average molecular weight is 365 g/mol. The molecular formula is C17H36O4SSi. The highest BCUT2D eigenvalue weighted by Crippen LogP contribution is 2.26. The minimum Gasteiger partial charge on any atom is -0.374 e. The van der Waals surface area contributed by atoms with Crippen molar-refractivity contribution < 1.29 is 18.1 Å². The van der Waals surface area contributed by atoms with Crippen LogP contribution in [0.4, 0.5) is 0 Å². The van der Waals surface area contributed by atoms with Crippen LogP contribution in [-0.2, 0) is 18.1 Å². The molecule has 1 unspecified atom stereocenters. The van der Waals surface area contributed by atoms with Gasteiger partial charge in [0.2, 0.25) is 0 Å². The first-order valence-corrected chi connectivity index (χ1v) is 12.0. The molecule has 1 atom stereocenters. The quantitative estimate of drug-likeness (QED) is 0.221. The van der Waals surface area contributed by atoms with Crippen molar-refractivity contribution in [2.24, 2.45) is 0 Å². The van der Waals surface area contributed by atoms with Crippen LogP contribution in [0.2, 0.25) is 6.04 Å². The monoisotopic (exact) mass is 364 g/mol. The van der Waals surface area contributed by atoms with Gasteiger partial charge in [-0.3, -0.25) is 4.79 Å². The first-order valence-electron chi connectivity index (χ1n) is 9.18. The zero-order valence-electron chi connectivity index (χ0n) is 15.7. The highest BCUT2D eigenvalue weighted by atomic mass is 32.2. The van der Waals surface area contributed by atoms with E-state index in [4.69, 9.17) is 13.3 Å². The Bertz CT molecular complexity index is 285. The lowest BCUT2D eigenvalue weighted by Crippen LogP contribution is -2.47. The normalized spacial score (nSPS) is 13.3. The molecule has 0 radical (unpaired) electrons. The molecule has 4 nitrogen and oxygen atoms in total. The van der Waals surface area contributed by atoms with E-state index in [1.807, 2.05) is 20.8 Å². The van der Waals surface area contributed by atoms with Gasteiger partial charge < -0.3 is 13.3 Å². The number of thioether (sulfide) groups is 1. The molecule has 0 aromatic carbocycles. The lowest BCUT2D eigenvalue weighted by atomic mass is 10.1. The van der Waals surface area contributed by atoms with Crippen LogP contribution >= 0.6 is 11.8 Å². The number of unbranched alkanes of at least 4 members (excludes halogenated alkanes) is 4. The molecular weight excluding hydrogens is 328 g/mol. The van der Waals surface area contributed by atoms with E-state index in [1.54, 1.807) is 0 Å². The zero-order valence-corrected chi connectivity index (χ0v) is 17.5. The van der Waals surface area contributed by atoms with E-state index in [0.717, 1.165) is 25.3 Å². The van der Waals surface area contributed by atoms with Gasteiger partial charge in [0.1, 0.15) is 5.44 Å². The smallest absolute Gasteiger partial charge is 0.374 e. The lowest BCUT2D eigenvalue weighted by Gasteiger charge is -2.31. The molecule has 0 aliphatic carbocycles. The van der Waals surface area contributed by atoms with Gasteiger partial charge in [0, 0.05) is 25.7 Å². The predicted octanol–water partition coefficient (Wildman–Crippen LogP) is 5.39. The second kappa shape index (κ2) is 14.5. The molecule has 0 saturated heterocycles. The number of rotatable bonds is 15. The van der Waals surface area contributed by atoms with Gasteiger partial charge in [-0.15, -0.1) is 0 Å². The van der Waals surface area contributed by atoms with Crippen LogP contribution in [0.1, 0.15) is 79.6 Å². The highest BCUT2D eigenvalue weighted by molar-refractivity contribution is 8.14. The van der Waals surface area contributed by atoms with Gasteiger partial charge in [0.15, 0.2) is 5.12 Å². The standard InChI is InChI=1S/C17H36O4SSi/c1-6-10-11-12-13-14-17(18)22-16(5)21-23(15-7-2,19-8-3)20-9-4/h16H,6-15H2,1-5H3. The third kappa shape index (κ3) is 11.3. The van der Waals surface area contributed by atoms with Crippen LogP contribution in [0.25, 0.3) is 0 Å². The van der Waals surface area contributed by atoms with Crippen LogP contribution in [0, 0.1) is 0 Å². The molecule has 0 rings (SSSR count). The first-order chi connectivity index (χ1) is 11.0. The molecule has 0 fully saturated rings. The van der Waals surface area contributed by atoms with E-state index in [-0.39, 0.29) is 10.6 Å². The number of carbonyl (C=O) groups is 1. The Balaban J connectivity index is 4.28. The molecule has 0 aliphatic rings. The molecule has 0 spiro atoms. The maximum absolute atomic E-state index is 12.1. The van der Waals surface area contributed by atoms with Gasteiger partial charge >= 0.3 is 8.80 Å². The molecule has 0 N–H and O–H groups in total. The Hall–Kier alpha value is 0.117. The van der Waals surface area contributed by atoms with Crippen molar-refractivity contribution >= 4 is 25.7 Å². The Morgan fingerprint density at radius 1 is 0.957 bits per heavy atom. The average Bonchev–Trinajstić information content (AvgIpc) is 2.47. The fourth-order valence-electron chi connectivity index (χ4n) is 2.45. The van der Waals surface area contributed by atoms with Gasteiger partial charge in [-0.1, -0.05) is 57.7 Å². The summed E-state index contributed by atoms with van der Waals surface area (Å²) in [6, 6.07) is 0.796. The summed E-state index contributed by atoms with van der Waals surface area (Å²) >= 11 is 1.28. The third-order valence-electron chi connectivity index (χ3n) is 3.41. The van der Waals surface area contributed by atoms with Crippen molar-refractivity contribution in [3.8, 4) is 0 Å². The first kappa shape index (κ1) is 23.1. The molecule has 138 valence electrons. The second-order valence-electron chi connectivity index (χ2n) is 5.64. The largest absolute Gasteiger partial charge is 0.501 e. The minimum absolute atomic E-state index is 0.210. The van der Waals surface area contributed by atoms with Gasteiger partial charge in [0.25, 0.3) is 0 Å². The summed E-state index contributed by atoms with van der Waals surface area (Å²) in [5, 5.41) is 0.210. The summed E-state index contributed by atoms with van der Waals surface area (Å²) in [4.78, 5) is 12.1. The predicted molar refractivity (Wildman–Crippen MR) is 101 cm³/mol. The van der Waals surface area contributed by atoms with Gasteiger partial charge in [-0.05, 0) is 27.2 Å². The van der Waals surface area contributed by atoms with Crippen molar-refractivity contribution in [1.82, 2.24) is 0 Å². The molecule has 0 heterocycles. The summed E-state index contributed by atoms with van der Waals surface area (Å²) in [5.74, 6) is 0. The Morgan fingerprint density at radius 2 is 1.57 bits per heavy atom. The van der Waals surface area contributed by atoms with E-state index in [2.05, 4.69) is 13.8 Å². The molecule has 0 aromatic rings. The van der Waals surface area contributed by atoms with Gasteiger partial charge in [-0.2, -0.15) is 0 Å². The van der Waals surface area contributed by atoms with Crippen molar-refractivity contribution in [2.45, 2.75) is 91.0 Å². The summed E-state index contributed by atoms with van der Waals surface area (Å²) < 4.78 is 17.8. The van der Waals surface area contributed by atoms with Crippen LogP contribution < -0.4 is 0 Å². The van der Waals surface area contributed by atoms with Crippen LogP contribution in [0.5, 0.6) is 0 Å². The summed E-state index contributed by atoms with van der Waals surface area (Å²) in [7, 11) is -2.65. The van der Waals surface area contributed by atoms with E-state index in [1.165, 1.54) is 31.0 Å². The van der Waals surface area contributed by atoms with Crippen molar-refractivity contribution in [2.75, 3.05) is 13.2 Å². The fraction of sp³-hybridized carbons (Fsp3) is 0.941. The van der Waals surface area contributed by atoms with Crippen LogP contribution in [0.15, 0.2) is 0 Å². The molecule has 6 heteroatoms. The van der Waals surface area contributed by atoms with E-state index in [9.17, 15) is 4.79 Å². The maximum atomic E-state index is 12.1. The molecule has 0 aliphatic heterocycles. The Labute approximate surface area is 148 Å².